The molecule has 2 rings (SSSR count). The highest BCUT2D eigenvalue weighted by Crippen LogP contribution is 2.20. The molecule has 0 spiro atoms. The molecule has 16 heavy (non-hydrogen) atoms. The van der Waals surface area contributed by atoms with Crippen molar-refractivity contribution < 1.29 is 0 Å². The van der Waals surface area contributed by atoms with E-state index in [1.807, 2.05) is 27.8 Å². The molecule has 0 aliphatic carbocycles. The van der Waals surface area contributed by atoms with Gasteiger partial charge in [0, 0.05) is 12.6 Å². The minimum Gasteiger partial charge on any atom is -0.247 e. The Balaban J connectivity index is 0.000000606. The molecule has 1 aromatic heterocycles. The third-order valence-corrected chi connectivity index (χ3v) is 2.32. The molecule has 2 aromatic rings. The van der Waals surface area contributed by atoms with Gasteiger partial charge < -0.3 is 0 Å². The number of rotatable bonds is 1. The molecule has 86 valence electrons. The van der Waals surface area contributed by atoms with Crippen LogP contribution in [0.5, 0.6) is 0 Å². The van der Waals surface area contributed by atoms with Gasteiger partial charge in [0.05, 0.1) is 11.4 Å². The van der Waals surface area contributed by atoms with Crippen molar-refractivity contribution in [3.63, 3.8) is 0 Å². The zero-order chi connectivity index (χ0) is 12.1. The lowest BCUT2D eigenvalue weighted by atomic mass is 10.1. The molecule has 0 radical (unpaired) electrons. The van der Waals surface area contributed by atoms with Gasteiger partial charge in [-0.3, -0.25) is 0 Å². The van der Waals surface area contributed by atoms with Crippen molar-refractivity contribution in [1.82, 2.24) is 15.0 Å². The van der Waals surface area contributed by atoms with E-state index in [1.165, 1.54) is 11.1 Å². The van der Waals surface area contributed by atoms with E-state index in [4.69, 9.17) is 0 Å². The zero-order valence-corrected chi connectivity index (χ0v) is 10.7. The molecule has 0 bridgehead atoms. The molecule has 0 aliphatic rings. The van der Waals surface area contributed by atoms with Crippen LogP contribution in [0.1, 0.15) is 25.1 Å². The Labute approximate surface area is 97.1 Å². The van der Waals surface area contributed by atoms with Crippen molar-refractivity contribution >= 4 is 0 Å². The summed E-state index contributed by atoms with van der Waals surface area (Å²) in [6.07, 6.45) is 0. The molecule has 3 nitrogen and oxygen atoms in total. The number of hydrogen-bond donors (Lipinski definition) is 0. The second-order valence-corrected chi connectivity index (χ2v) is 3.51. The molecule has 1 aromatic carbocycles. The summed E-state index contributed by atoms with van der Waals surface area (Å²) in [6, 6.07) is 8.39. The molecule has 3 heteroatoms. The topological polar surface area (TPSA) is 30.7 Å². The van der Waals surface area contributed by atoms with Gasteiger partial charge >= 0.3 is 0 Å². The fourth-order valence-electron chi connectivity index (χ4n) is 1.57. The van der Waals surface area contributed by atoms with Gasteiger partial charge in [0.15, 0.2) is 0 Å². The average molecular weight is 217 g/mol. The van der Waals surface area contributed by atoms with Crippen LogP contribution in [-0.4, -0.2) is 15.0 Å². The van der Waals surface area contributed by atoms with E-state index < -0.39 is 0 Å². The van der Waals surface area contributed by atoms with Crippen molar-refractivity contribution in [2.45, 2.75) is 27.7 Å². The van der Waals surface area contributed by atoms with Crippen LogP contribution in [0.4, 0.5) is 0 Å². The number of aryl methyl sites for hydroxylation is 3. The maximum Gasteiger partial charge on any atom is 0.0911 e. The summed E-state index contributed by atoms with van der Waals surface area (Å²) in [5.74, 6) is 0. The monoisotopic (exact) mass is 217 g/mol. The first-order chi connectivity index (χ1) is 7.68. The van der Waals surface area contributed by atoms with Gasteiger partial charge in [0.25, 0.3) is 0 Å². The van der Waals surface area contributed by atoms with E-state index in [9.17, 15) is 0 Å². The molecular weight excluding hydrogens is 198 g/mol. The van der Waals surface area contributed by atoms with E-state index >= 15 is 0 Å². The number of nitrogens with zero attached hydrogens (tertiary/aromatic N) is 3. The maximum atomic E-state index is 4.03. The lowest BCUT2D eigenvalue weighted by molar-refractivity contribution is 0.719. The Kier molecular flexibility index (Phi) is 4.23. The fourth-order valence-corrected chi connectivity index (χ4v) is 1.57. The van der Waals surface area contributed by atoms with E-state index in [0.717, 1.165) is 11.4 Å². The van der Waals surface area contributed by atoms with Gasteiger partial charge in [-0.1, -0.05) is 48.9 Å². The van der Waals surface area contributed by atoms with Crippen LogP contribution >= 0.6 is 0 Å². The lowest BCUT2D eigenvalue weighted by Crippen LogP contribution is -1.94. The predicted molar refractivity (Wildman–Crippen MR) is 67.3 cm³/mol. The second-order valence-electron chi connectivity index (χ2n) is 3.51. The van der Waals surface area contributed by atoms with Crippen molar-refractivity contribution in [3.8, 4) is 11.3 Å². The molecule has 0 atom stereocenters. The highest BCUT2D eigenvalue weighted by Gasteiger charge is 2.07. The van der Waals surface area contributed by atoms with Crippen molar-refractivity contribution in [1.29, 1.82) is 0 Å². The van der Waals surface area contributed by atoms with Gasteiger partial charge in [0.2, 0.25) is 0 Å². The average Bonchev–Trinajstić information content (AvgIpc) is 2.63. The SMILES string of the molecule is CC.Cc1ccc(-c2c(C)nnn2C)cc1. The van der Waals surface area contributed by atoms with Gasteiger partial charge in [0.1, 0.15) is 0 Å². The summed E-state index contributed by atoms with van der Waals surface area (Å²) in [6.45, 7) is 8.06. The highest BCUT2D eigenvalue weighted by molar-refractivity contribution is 5.61. The summed E-state index contributed by atoms with van der Waals surface area (Å²) in [5.41, 5.74) is 4.49. The molecule has 1 heterocycles. The molecule has 0 unspecified atom stereocenters. The Hall–Kier alpha value is -1.64. The molecule has 0 saturated heterocycles. The molecule has 0 saturated carbocycles. The number of aromatic nitrogens is 3. The smallest absolute Gasteiger partial charge is 0.0911 e. The van der Waals surface area contributed by atoms with Gasteiger partial charge in [-0.25, -0.2) is 4.68 Å². The van der Waals surface area contributed by atoms with Crippen LogP contribution in [0.15, 0.2) is 24.3 Å². The molecule has 0 fully saturated rings. The molecule has 0 amide bonds. The van der Waals surface area contributed by atoms with E-state index in [0.29, 0.717) is 0 Å². The largest absolute Gasteiger partial charge is 0.247 e. The minimum absolute atomic E-state index is 0.969. The van der Waals surface area contributed by atoms with Gasteiger partial charge in [-0.05, 0) is 13.8 Å². The lowest BCUT2D eigenvalue weighted by Gasteiger charge is -2.02. The Bertz CT molecular complexity index is 421. The normalized spacial score (nSPS) is 9.56. The first-order valence-electron chi connectivity index (χ1n) is 5.62. The molecule has 0 aliphatic heterocycles. The number of hydrogen-bond acceptors (Lipinski definition) is 2. The summed E-state index contributed by atoms with van der Waals surface area (Å²) >= 11 is 0. The van der Waals surface area contributed by atoms with Gasteiger partial charge in [-0.15, -0.1) is 5.10 Å². The Morgan fingerprint density at radius 2 is 1.56 bits per heavy atom. The summed E-state index contributed by atoms with van der Waals surface area (Å²) in [4.78, 5) is 0. The van der Waals surface area contributed by atoms with Crippen LogP contribution in [-0.2, 0) is 7.05 Å². The van der Waals surface area contributed by atoms with Gasteiger partial charge in [-0.2, -0.15) is 0 Å². The third-order valence-electron chi connectivity index (χ3n) is 2.32. The van der Waals surface area contributed by atoms with E-state index in [1.54, 1.807) is 4.68 Å². The van der Waals surface area contributed by atoms with Crippen LogP contribution in [0.3, 0.4) is 0 Å². The summed E-state index contributed by atoms with van der Waals surface area (Å²) < 4.78 is 1.81. The predicted octanol–water partition coefficient (Wildman–Crippen LogP) is 3.13. The second kappa shape index (κ2) is 5.45. The quantitative estimate of drug-likeness (QED) is 0.734. The fraction of sp³-hybridized carbons (Fsp3) is 0.385. The Morgan fingerprint density at radius 1 is 1.00 bits per heavy atom. The summed E-state index contributed by atoms with van der Waals surface area (Å²) in [5, 5.41) is 8.01. The minimum atomic E-state index is 0.969. The molecule has 0 N–H and O–H groups in total. The third kappa shape index (κ3) is 2.48. The summed E-state index contributed by atoms with van der Waals surface area (Å²) in [7, 11) is 1.91. The zero-order valence-electron chi connectivity index (χ0n) is 10.7. The first-order valence-corrected chi connectivity index (χ1v) is 5.62. The standard InChI is InChI=1S/C11H13N3.C2H6/c1-8-4-6-10(7-5-8)11-9(2)12-13-14(11)3;1-2/h4-7H,1-3H3;1-2H3. The van der Waals surface area contributed by atoms with E-state index in [-0.39, 0.29) is 0 Å². The van der Waals surface area contributed by atoms with Crippen molar-refractivity contribution in [3.05, 3.63) is 35.5 Å². The van der Waals surface area contributed by atoms with Crippen LogP contribution in [0.25, 0.3) is 11.3 Å². The Morgan fingerprint density at radius 3 is 2.00 bits per heavy atom. The van der Waals surface area contributed by atoms with E-state index in [2.05, 4.69) is 41.5 Å². The van der Waals surface area contributed by atoms with Crippen LogP contribution in [0.2, 0.25) is 0 Å². The molecular formula is C13H19N3. The van der Waals surface area contributed by atoms with Crippen molar-refractivity contribution in [2.75, 3.05) is 0 Å². The van der Waals surface area contributed by atoms with Crippen LogP contribution in [0, 0.1) is 13.8 Å². The first kappa shape index (κ1) is 12.4. The highest BCUT2D eigenvalue weighted by atomic mass is 15.4. The maximum absolute atomic E-state index is 4.03. The number of benzene rings is 1. The van der Waals surface area contributed by atoms with Crippen molar-refractivity contribution in [2.24, 2.45) is 7.05 Å². The van der Waals surface area contributed by atoms with Crippen LogP contribution < -0.4 is 0 Å².